The Morgan fingerprint density at radius 1 is 0.727 bits per heavy atom. The summed E-state index contributed by atoms with van der Waals surface area (Å²) >= 11 is 0. The van der Waals surface area contributed by atoms with Crippen LogP contribution in [-0.4, -0.2) is 7.25 Å². The third-order valence-electron chi connectivity index (χ3n) is 3.12. The minimum atomic E-state index is -6.00. The van der Waals surface area contributed by atoms with Crippen molar-refractivity contribution in [2.75, 3.05) is 0 Å². The molecule has 0 spiro atoms. The van der Waals surface area contributed by atoms with E-state index in [4.69, 9.17) is 0 Å². The Morgan fingerprint density at radius 3 is 1.09 bits per heavy atom. The van der Waals surface area contributed by atoms with Crippen LogP contribution in [-0.2, 0) is 19.5 Å². The molecule has 2 bridgehead atoms. The predicted octanol–water partition coefficient (Wildman–Crippen LogP) is 5.66. The minimum absolute atomic E-state index is 0. The summed E-state index contributed by atoms with van der Waals surface area (Å²) in [5.41, 5.74) is 4.06. The van der Waals surface area contributed by atoms with E-state index >= 15 is 0 Å². The van der Waals surface area contributed by atoms with Crippen LogP contribution in [0.5, 0.6) is 0 Å². The second kappa shape index (κ2) is 9.29. The maximum Gasteiger partial charge on any atom is 0.673 e. The van der Waals surface area contributed by atoms with Crippen LogP contribution in [0, 0.1) is 32.6 Å². The first-order chi connectivity index (χ1) is 9.63. The van der Waals surface area contributed by atoms with Gasteiger partial charge in [0.1, 0.15) is 0 Å². The molecule has 0 amide bonds. The Hall–Kier alpha value is -0.892. The van der Waals surface area contributed by atoms with Crippen molar-refractivity contribution in [1.29, 1.82) is 0 Å². The fourth-order valence-corrected chi connectivity index (χ4v) is 2.53. The topological polar surface area (TPSA) is 0 Å². The molecule has 0 saturated carbocycles. The zero-order valence-electron chi connectivity index (χ0n) is 12.8. The number of allylic oxidation sites excluding steroid dienone is 4. The van der Waals surface area contributed by atoms with Crippen LogP contribution in [0.4, 0.5) is 17.3 Å². The van der Waals surface area contributed by atoms with Crippen LogP contribution in [0.25, 0.3) is 0 Å². The summed E-state index contributed by atoms with van der Waals surface area (Å²) in [5, 5.41) is 0. The van der Waals surface area contributed by atoms with Gasteiger partial charge in [0.2, 0.25) is 0 Å². The van der Waals surface area contributed by atoms with Gasteiger partial charge < -0.3 is 17.3 Å². The van der Waals surface area contributed by atoms with Crippen molar-refractivity contribution in [3.8, 4) is 0 Å². The Balaban J connectivity index is 0.000000307. The summed E-state index contributed by atoms with van der Waals surface area (Å²) in [6.07, 6.45) is 10.5. The van der Waals surface area contributed by atoms with Crippen molar-refractivity contribution in [1.82, 2.24) is 0 Å². The van der Waals surface area contributed by atoms with Gasteiger partial charge >= 0.3 is 7.25 Å². The van der Waals surface area contributed by atoms with Gasteiger partial charge in [-0.05, 0) is 39.0 Å². The number of rotatable bonds is 0. The quantitative estimate of drug-likeness (QED) is 0.299. The molecule has 1 aromatic rings. The number of fused-ring (bicyclic) bond motifs is 2. The third-order valence-corrected chi connectivity index (χ3v) is 3.12. The van der Waals surface area contributed by atoms with Gasteiger partial charge in [-0.1, -0.05) is 59.2 Å². The standard InChI is InChI=1S/C9H12.C7H8.BF4.Rh/c1-7-4-8(2)6-9(3)5-7;1-2-7-4-3-6(1)5-7;2-1(3,4)5;/h4-6H,1-3H3;1-4,6-7H,5H2;;/q;;-1;. The summed E-state index contributed by atoms with van der Waals surface area (Å²) < 4.78 is 39.0. The molecule has 0 aromatic heterocycles. The van der Waals surface area contributed by atoms with Crippen molar-refractivity contribution in [2.45, 2.75) is 27.2 Å². The van der Waals surface area contributed by atoms with Crippen molar-refractivity contribution >= 4 is 7.25 Å². The van der Waals surface area contributed by atoms with E-state index in [0.717, 1.165) is 11.8 Å². The molecule has 6 heteroatoms. The monoisotopic (exact) mass is 402 g/mol. The zero-order chi connectivity index (χ0) is 16.0. The number of hydrogen-bond acceptors (Lipinski definition) is 0. The molecule has 2 aliphatic rings. The van der Waals surface area contributed by atoms with E-state index in [0.29, 0.717) is 0 Å². The van der Waals surface area contributed by atoms with E-state index in [2.05, 4.69) is 63.3 Å². The Kier molecular flexibility index (Phi) is 8.92. The van der Waals surface area contributed by atoms with Crippen LogP contribution in [0.2, 0.25) is 0 Å². The predicted molar refractivity (Wildman–Crippen MR) is 80.7 cm³/mol. The number of halogens is 4. The van der Waals surface area contributed by atoms with E-state index in [1.54, 1.807) is 0 Å². The van der Waals surface area contributed by atoms with E-state index in [1.165, 1.54) is 23.1 Å². The minimum Gasteiger partial charge on any atom is -0.418 e. The first kappa shape index (κ1) is 21.1. The van der Waals surface area contributed by atoms with Crippen LogP contribution in [0.3, 0.4) is 0 Å². The summed E-state index contributed by atoms with van der Waals surface area (Å²) in [5.74, 6) is 1.62. The molecule has 0 aliphatic heterocycles. The van der Waals surface area contributed by atoms with Crippen molar-refractivity contribution in [3.63, 3.8) is 0 Å². The van der Waals surface area contributed by atoms with Crippen LogP contribution in [0.15, 0.2) is 42.5 Å². The molecule has 22 heavy (non-hydrogen) atoms. The molecular weight excluding hydrogens is 382 g/mol. The van der Waals surface area contributed by atoms with Gasteiger partial charge in [-0.2, -0.15) is 0 Å². The third kappa shape index (κ3) is 9.94. The number of benzene rings is 1. The molecule has 0 fully saturated rings. The van der Waals surface area contributed by atoms with Gasteiger partial charge in [-0.3, -0.25) is 0 Å². The molecule has 2 aliphatic carbocycles. The Labute approximate surface area is 142 Å². The normalized spacial score (nSPS) is 20.5. The fourth-order valence-electron chi connectivity index (χ4n) is 2.53. The molecule has 0 N–H and O–H groups in total. The fraction of sp³-hybridized carbons (Fsp3) is 0.375. The van der Waals surface area contributed by atoms with Crippen molar-refractivity contribution in [3.05, 3.63) is 59.2 Å². The molecule has 0 unspecified atom stereocenters. The van der Waals surface area contributed by atoms with Gasteiger partial charge in [0, 0.05) is 19.5 Å². The Morgan fingerprint density at radius 2 is 0.955 bits per heavy atom. The van der Waals surface area contributed by atoms with E-state index < -0.39 is 7.25 Å². The smallest absolute Gasteiger partial charge is 0.418 e. The van der Waals surface area contributed by atoms with Gasteiger partial charge in [0.15, 0.2) is 0 Å². The molecule has 0 nitrogen and oxygen atoms in total. The van der Waals surface area contributed by atoms with E-state index in [9.17, 15) is 17.3 Å². The van der Waals surface area contributed by atoms with E-state index in [-0.39, 0.29) is 19.5 Å². The van der Waals surface area contributed by atoms with E-state index in [1.807, 2.05) is 0 Å². The zero-order valence-corrected chi connectivity index (χ0v) is 14.5. The molecular formula is C16H20BF4Rh-. The molecule has 125 valence electrons. The maximum atomic E-state index is 9.75. The summed E-state index contributed by atoms with van der Waals surface area (Å²) in [6, 6.07) is 6.56. The molecule has 0 heterocycles. The first-order valence-corrected chi connectivity index (χ1v) is 6.92. The van der Waals surface area contributed by atoms with Gasteiger partial charge in [0.05, 0.1) is 0 Å². The largest absolute Gasteiger partial charge is 0.673 e. The molecule has 1 aromatic carbocycles. The first-order valence-electron chi connectivity index (χ1n) is 6.92. The van der Waals surface area contributed by atoms with Gasteiger partial charge in [0.25, 0.3) is 0 Å². The van der Waals surface area contributed by atoms with Gasteiger partial charge in [-0.25, -0.2) is 0 Å². The second-order valence-corrected chi connectivity index (χ2v) is 5.49. The summed E-state index contributed by atoms with van der Waals surface area (Å²) in [6.45, 7) is 6.38. The Bertz CT molecular complexity index is 439. The molecule has 1 radical (unpaired) electrons. The summed E-state index contributed by atoms with van der Waals surface area (Å²) in [4.78, 5) is 0. The van der Waals surface area contributed by atoms with Gasteiger partial charge in [-0.15, -0.1) is 0 Å². The molecule has 0 saturated heterocycles. The SMILES string of the molecule is C1=CC2C=CC1C2.Cc1cc(C)cc(C)c1.F[B-](F)(F)F.[Rh]. The average molecular weight is 402 g/mol. The van der Waals surface area contributed by atoms with Crippen molar-refractivity contribution < 1.29 is 36.7 Å². The maximum absolute atomic E-state index is 9.75. The number of aryl methyl sites for hydroxylation is 3. The summed E-state index contributed by atoms with van der Waals surface area (Å²) in [7, 11) is -6.00. The molecule has 3 rings (SSSR count). The number of hydrogen-bond donors (Lipinski definition) is 0. The second-order valence-electron chi connectivity index (χ2n) is 5.49. The van der Waals surface area contributed by atoms with Crippen LogP contribution in [0.1, 0.15) is 23.1 Å². The van der Waals surface area contributed by atoms with Crippen LogP contribution >= 0.6 is 0 Å². The van der Waals surface area contributed by atoms with Crippen LogP contribution < -0.4 is 0 Å². The van der Waals surface area contributed by atoms with Crippen molar-refractivity contribution in [2.24, 2.45) is 11.8 Å². The average Bonchev–Trinajstić information content (AvgIpc) is 2.88. The molecule has 0 atom stereocenters.